The third kappa shape index (κ3) is 4.29. The van der Waals surface area contributed by atoms with Crippen molar-refractivity contribution in [1.29, 1.82) is 0 Å². The molecule has 0 saturated carbocycles. The molecule has 5 heteroatoms. The quantitative estimate of drug-likeness (QED) is 0.192. The fourth-order valence-electron chi connectivity index (χ4n) is 6.76. The molecule has 5 nitrogen and oxygen atoms in total. The highest BCUT2D eigenvalue weighted by atomic mass is 16.4. The molecule has 0 unspecified atom stereocenters. The van der Waals surface area contributed by atoms with Crippen molar-refractivity contribution in [2.75, 3.05) is 4.90 Å². The molecular weight excluding hydrogens is 592 g/mol. The molecule has 0 aliphatic heterocycles. The molecule has 0 bridgehead atoms. The molecule has 0 spiro atoms. The van der Waals surface area contributed by atoms with Gasteiger partial charge in [0.15, 0.2) is 5.58 Å². The number of para-hydroxylation sites is 1. The summed E-state index contributed by atoms with van der Waals surface area (Å²) in [5.74, 6) is 0.598. The van der Waals surface area contributed by atoms with Crippen LogP contribution >= 0.6 is 0 Å². The lowest BCUT2D eigenvalue weighted by Gasteiger charge is -2.25. The average Bonchev–Trinajstić information content (AvgIpc) is 3.84. The van der Waals surface area contributed by atoms with E-state index in [0.29, 0.717) is 5.89 Å². The molecule has 7 aromatic carbocycles. The predicted octanol–water partition coefficient (Wildman–Crippen LogP) is 12.4. The van der Waals surface area contributed by atoms with E-state index < -0.39 is 0 Å². The number of oxazole rings is 1. The Labute approximate surface area is 274 Å². The molecule has 10 rings (SSSR count). The topological polar surface area (TPSA) is 55.6 Å². The zero-order chi connectivity index (χ0) is 31.6. The van der Waals surface area contributed by atoms with Crippen LogP contribution in [-0.4, -0.2) is 4.98 Å². The average molecular weight is 619 g/mol. The fraction of sp³-hybridized carbons (Fsp3) is 0. The maximum Gasteiger partial charge on any atom is 0.227 e. The maximum atomic E-state index is 6.51. The smallest absolute Gasteiger partial charge is 0.227 e. The number of aromatic nitrogens is 1. The van der Waals surface area contributed by atoms with Gasteiger partial charge >= 0.3 is 0 Å². The van der Waals surface area contributed by atoms with Crippen LogP contribution in [0.25, 0.3) is 77.6 Å². The third-order valence-electron chi connectivity index (χ3n) is 9.10. The van der Waals surface area contributed by atoms with Gasteiger partial charge in [0.05, 0.1) is 0 Å². The van der Waals surface area contributed by atoms with Gasteiger partial charge in [-0.3, -0.25) is 0 Å². The van der Waals surface area contributed by atoms with Gasteiger partial charge in [-0.2, -0.15) is 0 Å². The van der Waals surface area contributed by atoms with E-state index in [1.807, 2.05) is 66.7 Å². The number of fused-ring (bicyclic) bond motifs is 7. The standard InChI is InChI=1S/C43H26N2O3/c1-3-9-27(10-4-1)28-15-17-30(18-16-28)45(31-20-22-39-35(23-31)33-13-7-8-14-38(33)46-39)32-19-21-34-36-25-42-37(26-41(36)47-40(34)24-32)44-43(48-42)29-11-5-2-6-12-29/h1-26H. The Kier molecular flexibility index (Phi) is 5.81. The van der Waals surface area contributed by atoms with Crippen LogP contribution in [-0.2, 0) is 0 Å². The summed E-state index contributed by atoms with van der Waals surface area (Å²) < 4.78 is 18.9. The fourth-order valence-corrected chi connectivity index (χ4v) is 6.76. The van der Waals surface area contributed by atoms with Crippen molar-refractivity contribution in [2.24, 2.45) is 0 Å². The molecule has 0 aliphatic carbocycles. The molecular formula is C43H26N2O3. The van der Waals surface area contributed by atoms with Crippen molar-refractivity contribution in [1.82, 2.24) is 4.98 Å². The number of furan rings is 2. The van der Waals surface area contributed by atoms with Crippen molar-refractivity contribution in [3.8, 4) is 22.6 Å². The van der Waals surface area contributed by atoms with Gasteiger partial charge in [0.2, 0.25) is 5.89 Å². The maximum absolute atomic E-state index is 6.51. The molecule has 10 aromatic rings. The molecule has 0 atom stereocenters. The largest absolute Gasteiger partial charge is 0.456 e. The highest BCUT2D eigenvalue weighted by Gasteiger charge is 2.19. The van der Waals surface area contributed by atoms with Crippen LogP contribution in [0.3, 0.4) is 0 Å². The van der Waals surface area contributed by atoms with Crippen molar-refractivity contribution in [3.63, 3.8) is 0 Å². The zero-order valence-electron chi connectivity index (χ0n) is 25.6. The Morgan fingerprint density at radius 3 is 1.77 bits per heavy atom. The minimum absolute atomic E-state index is 0.598. The van der Waals surface area contributed by atoms with Crippen molar-refractivity contribution >= 4 is 72.0 Å². The van der Waals surface area contributed by atoms with E-state index >= 15 is 0 Å². The Bertz CT molecular complexity index is 2770. The summed E-state index contributed by atoms with van der Waals surface area (Å²) >= 11 is 0. The second kappa shape index (κ2) is 10.5. The van der Waals surface area contributed by atoms with Gasteiger partial charge in [-0.05, 0) is 77.9 Å². The molecule has 226 valence electrons. The van der Waals surface area contributed by atoms with E-state index in [1.165, 1.54) is 5.56 Å². The van der Waals surface area contributed by atoms with Crippen LogP contribution in [0.2, 0.25) is 0 Å². The van der Waals surface area contributed by atoms with E-state index in [9.17, 15) is 0 Å². The van der Waals surface area contributed by atoms with E-state index in [4.69, 9.17) is 18.2 Å². The second-order valence-electron chi connectivity index (χ2n) is 12.0. The first-order valence-corrected chi connectivity index (χ1v) is 15.9. The van der Waals surface area contributed by atoms with Gasteiger partial charge in [-0.1, -0.05) is 78.9 Å². The number of hydrogen-bond acceptors (Lipinski definition) is 5. The molecule has 0 radical (unpaired) electrons. The Morgan fingerprint density at radius 1 is 0.354 bits per heavy atom. The lowest BCUT2D eigenvalue weighted by Crippen LogP contribution is -2.09. The Hall–Kier alpha value is -6.59. The monoisotopic (exact) mass is 618 g/mol. The summed E-state index contributed by atoms with van der Waals surface area (Å²) in [7, 11) is 0. The van der Waals surface area contributed by atoms with E-state index in [1.54, 1.807) is 0 Å². The molecule has 0 aliphatic rings. The normalized spacial score (nSPS) is 11.8. The van der Waals surface area contributed by atoms with Crippen LogP contribution in [0, 0.1) is 0 Å². The lowest BCUT2D eigenvalue weighted by molar-refractivity contribution is 0.620. The molecule has 3 heterocycles. The zero-order valence-corrected chi connectivity index (χ0v) is 25.6. The van der Waals surface area contributed by atoms with Crippen LogP contribution in [0.5, 0.6) is 0 Å². The summed E-state index contributed by atoms with van der Waals surface area (Å²) in [6.07, 6.45) is 0. The summed E-state index contributed by atoms with van der Waals surface area (Å²) in [4.78, 5) is 7.02. The van der Waals surface area contributed by atoms with Gasteiger partial charge in [-0.15, -0.1) is 0 Å². The van der Waals surface area contributed by atoms with Crippen molar-refractivity contribution in [2.45, 2.75) is 0 Å². The summed E-state index contributed by atoms with van der Waals surface area (Å²) in [6, 6.07) is 54.1. The van der Waals surface area contributed by atoms with Gasteiger partial charge in [0.25, 0.3) is 0 Å². The number of hydrogen-bond donors (Lipinski definition) is 0. The molecule has 3 aromatic heterocycles. The summed E-state index contributed by atoms with van der Waals surface area (Å²) in [5.41, 5.74) is 11.1. The lowest BCUT2D eigenvalue weighted by atomic mass is 10.0. The number of benzene rings is 7. The molecule has 48 heavy (non-hydrogen) atoms. The van der Waals surface area contributed by atoms with Gasteiger partial charge in [0.1, 0.15) is 27.8 Å². The summed E-state index contributed by atoms with van der Waals surface area (Å²) in [6.45, 7) is 0. The van der Waals surface area contributed by atoms with E-state index in [2.05, 4.69) is 95.9 Å². The first-order chi connectivity index (χ1) is 23.7. The Morgan fingerprint density at radius 2 is 0.938 bits per heavy atom. The number of nitrogens with zero attached hydrogens (tertiary/aromatic N) is 2. The predicted molar refractivity (Wildman–Crippen MR) is 194 cm³/mol. The van der Waals surface area contributed by atoms with Gasteiger partial charge in [-0.25, -0.2) is 4.98 Å². The van der Waals surface area contributed by atoms with Crippen molar-refractivity contribution < 1.29 is 13.3 Å². The summed E-state index contributed by atoms with van der Waals surface area (Å²) in [5, 5.41) is 4.17. The van der Waals surface area contributed by atoms with Gasteiger partial charge in [0, 0.05) is 56.3 Å². The number of anilines is 3. The number of rotatable bonds is 5. The van der Waals surface area contributed by atoms with Crippen LogP contribution in [0.1, 0.15) is 0 Å². The van der Waals surface area contributed by atoms with Crippen LogP contribution in [0.4, 0.5) is 17.1 Å². The minimum atomic E-state index is 0.598. The molecule has 0 amide bonds. The molecule has 0 saturated heterocycles. The first kappa shape index (κ1) is 26.6. The molecule has 0 fully saturated rings. The van der Waals surface area contributed by atoms with Gasteiger partial charge < -0.3 is 18.2 Å². The Balaban J connectivity index is 1.12. The minimum Gasteiger partial charge on any atom is -0.456 e. The highest BCUT2D eigenvalue weighted by molar-refractivity contribution is 6.10. The van der Waals surface area contributed by atoms with Crippen LogP contribution in [0.15, 0.2) is 171 Å². The van der Waals surface area contributed by atoms with E-state index in [-0.39, 0.29) is 0 Å². The van der Waals surface area contributed by atoms with E-state index in [0.717, 1.165) is 83.2 Å². The SMILES string of the molecule is c1ccc(-c2ccc(N(c3ccc4c(c3)oc3cc5nc(-c6ccccc6)oc5cc34)c3ccc4oc5ccccc5c4c3)cc2)cc1. The first-order valence-electron chi connectivity index (χ1n) is 15.9. The third-order valence-corrected chi connectivity index (χ3v) is 9.10. The molecule has 0 N–H and O–H groups in total. The highest BCUT2D eigenvalue weighted by Crippen LogP contribution is 2.42. The second-order valence-corrected chi connectivity index (χ2v) is 12.0. The van der Waals surface area contributed by atoms with Crippen molar-refractivity contribution in [3.05, 3.63) is 158 Å². The van der Waals surface area contributed by atoms with Crippen LogP contribution < -0.4 is 4.90 Å².